The summed E-state index contributed by atoms with van der Waals surface area (Å²) in [5, 5.41) is 19.1. The van der Waals surface area contributed by atoms with Crippen LogP contribution in [0, 0.1) is 6.92 Å². The first kappa shape index (κ1) is 24.5. The van der Waals surface area contributed by atoms with Crippen molar-refractivity contribution in [2.75, 3.05) is 0 Å². The Bertz CT molecular complexity index is 913. The topological polar surface area (TPSA) is 66.8 Å². The summed E-state index contributed by atoms with van der Waals surface area (Å²) in [6, 6.07) is 3.45. The maximum atomic E-state index is 11.4. The van der Waals surface area contributed by atoms with Gasteiger partial charge in [0.1, 0.15) is 17.1 Å². The number of fused-ring (bicyclic) bond motifs is 1. The number of hydrogen-bond acceptors (Lipinski definition) is 3. The van der Waals surface area contributed by atoms with Crippen molar-refractivity contribution in [2.45, 2.75) is 78.7 Å². The molecule has 0 saturated heterocycles. The molecular formula is C27H36O4. The van der Waals surface area contributed by atoms with Gasteiger partial charge in [0, 0.05) is 11.1 Å². The van der Waals surface area contributed by atoms with E-state index in [0.717, 1.165) is 49.0 Å². The molecule has 2 rings (SSSR count). The number of aliphatic carboxylic acids is 1. The highest BCUT2D eigenvalue weighted by Crippen LogP contribution is 2.38. The first-order valence-corrected chi connectivity index (χ1v) is 11.0. The molecule has 1 heterocycles. The molecule has 2 N–H and O–H groups in total. The first-order chi connectivity index (χ1) is 14.6. The van der Waals surface area contributed by atoms with Gasteiger partial charge in [0.25, 0.3) is 0 Å². The number of carboxylic acid groups (broad SMARTS) is 1. The zero-order valence-electron chi connectivity index (χ0n) is 19.5. The van der Waals surface area contributed by atoms with Gasteiger partial charge in [-0.15, -0.1) is 0 Å². The highest BCUT2D eigenvalue weighted by Gasteiger charge is 2.27. The summed E-state index contributed by atoms with van der Waals surface area (Å²) in [5.41, 5.74) is 4.43. The van der Waals surface area contributed by atoms with Gasteiger partial charge in [0.15, 0.2) is 0 Å². The first-order valence-electron chi connectivity index (χ1n) is 11.0. The molecule has 0 aliphatic carbocycles. The standard InChI is InChI=1S/C27H36O4/c1-19(2)9-6-12-22(26(29)30)13-7-10-20(3)11-8-15-27(5)16-14-23-18-24(28)17-21(4)25(23)31-27/h9,11,13-14,16-18,28H,6-8,10,12,15H2,1-5H3,(H,29,30)/b20-11+,22-13-/t27-/m0/s1. The number of carbonyl (C=O) groups is 1. The van der Waals surface area contributed by atoms with E-state index in [9.17, 15) is 15.0 Å². The minimum absolute atomic E-state index is 0.253. The average molecular weight is 425 g/mol. The second-order valence-electron chi connectivity index (χ2n) is 8.91. The molecule has 31 heavy (non-hydrogen) atoms. The fourth-order valence-electron chi connectivity index (χ4n) is 3.71. The van der Waals surface area contributed by atoms with E-state index in [1.807, 2.05) is 32.9 Å². The molecule has 1 aliphatic rings. The summed E-state index contributed by atoms with van der Waals surface area (Å²) in [7, 11) is 0. The van der Waals surface area contributed by atoms with E-state index in [0.29, 0.717) is 12.0 Å². The van der Waals surface area contributed by atoms with E-state index in [2.05, 4.69) is 32.1 Å². The predicted molar refractivity (Wildman–Crippen MR) is 128 cm³/mol. The van der Waals surface area contributed by atoms with Crippen LogP contribution in [0.2, 0.25) is 0 Å². The van der Waals surface area contributed by atoms with E-state index in [1.165, 1.54) is 11.1 Å². The van der Waals surface area contributed by atoms with Gasteiger partial charge in [-0.05, 0) is 96.9 Å². The quantitative estimate of drug-likeness (QED) is 0.310. The van der Waals surface area contributed by atoms with Crippen molar-refractivity contribution in [1.82, 2.24) is 0 Å². The number of phenols is 1. The Morgan fingerprint density at radius 2 is 1.77 bits per heavy atom. The number of aryl methyl sites for hydroxylation is 1. The molecule has 168 valence electrons. The lowest BCUT2D eigenvalue weighted by atomic mass is 9.93. The lowest BCUT2D eigenvalue weighted by Gasteiger charge is -2.32. The average Bonchev–Trinajstić information content (AvgIpc) is 2.67. The number of allylic oxidation sites excluding steroid dienone is 5. The summed E-state index contributed by atoms with van der Waals surface area (Å²) in [5.74, 6) is 0.272. The summed E-state index contributed by atoms with van der Waals surface area (Å²) in [4.78, 5) is 11.4. The number of benzene rings is 1. The molecule has 4 heteroatoms. The number of rotatable bonds is 10. The fraction of sp³-hybridized carbons (Fsp3) is 0.444. The minimum atomic E-state index is -0.818. The monoisotopic (exact) mass is 424 g/mol. The fourth-order valence-corrected chi connectivity index (χ4v) is 3.71. The maximum Gasteiger partial charge on any atom is 0.331 e. The van der Waals surface area contributed by atoms with Crippen LogP contribution in [0.3, 0.4) is 0 Å². The van der Waals surface area contributed by atoms with Crippen LogP contribution in [0.5, 0.6) is 11.5 Å². The minimum Gasteiger partial charge on any atom is -0.508 e. The van der Waals surface area contributed by atoms with E-state index in [1.54, 1.807) is 12.1 Å². The number of hydrogen-bond donors (Lipinski definition) is 2. The Kier molecular flexibility index (Phi) is 8.73. The van der Waals surface area contributed by atoms with Crippen LogP contribution in [-0.4, -0.2) is 21.8 Å². The molecule has 1 aromatic carbocycles. The molecule has 4 nitrogen and oxygen atoms in total. The van der Waals surface area contributed by atoms with Gasteiger partial charge in [-0.3, -0.25) is 0 Å². The van der Waals surface area contributed by atoms with Crippen LogP contribution in [-0.2, 0) is 4.79 Å². The number of aromatic hydroxyl groups is 1. The van der Waals surface area contributed by atoms with Crippen molar-refractivity contribution in [2.24, 2.45) is 0 Å². The zero-order chi connectivity index (χ0) is 23.0. The van der Waals surface area contributed by atoms with Crippen molar-refractivity contribution in [1.29, 1.82) is 0 Å². The predicted octanol–water partition coefficient (Wildman–Crippen LogP) is 7.13. The van der Waals surface area contributed by atoms with Crippen LogP contribution >= 0.6 is 0 Å². The smallest absolute Gasteiger partial charge is 0.331 e. The van der Waals surface area contributed by atoms with Crippen molar-refractivity contribution in [3.05, 3.63) is 64.3 Å². The van der Waals surface area contributed by atoms with Gasteiger partial charge in [0.05, 0.1) is 0 Å². The van der Waals surface area contributed by atoms with E-state index in [4.69, 9.17) is 4.74 Å². The van der Waals surface area contributed by atoms with Crippen molar-refractivity contribution in [3.8, 4) is 11.5 Å². The Morgan fingerprint density at radius 3 is 2.45 bits per heavy atom. The lowest BCUT2D eigenvalue weighted by molar-refractivity contribution is -0.132. The third-order valence-corrected chi connectivity index (χ3v) is 5.54. The van der Waals surface area contributed by atoms with Gasteiger partial charge in [-0.25, -0.2) is 4.79 Å². The van der Waals surface area contributed by atoms with Gasteiger partial charge < -0.3 is 14.9 Å². The molecule has 0 unspecified atom stereocenters. The Morgan fingerprint density at radius 1 is 1.06 bits per heavy atom. The third kappa shape index (κ3) is 7.78. The van der Waals surface area contributed by atoms with E-state index < -0.39 is 5.97 Å². The highest BCUT2D eigenvalue weighted by atomic mass is 16.5. The summed E-state index contributed by atoms with van der Waals surface area (Å²) < 4.78 is 6.27. The van der Waals surface area contributed by atoms with Crippen molar-refractivity contribution >= 4 is 12.0 Å². The van der Waals surface area contributed by atoms with Crippen molar-refractivity contribution in [3.63, 3.8) is 0 Å². The largest absolute Gasteiger partial charge is 0.508 e. The Hall–Kier alpha value is -2.75. The second kappa shape index (κ2) is 11.0. The van der Waals surface area contributed by atoms with Crippen LogP contribution in [0.4, 0.5) is 0 Å². The van der Waals surface area contributed by atoms with E-state index in [-0.39, 0.29) is 11.4 Å². The van der Waals surface area contributed by atoms with Gasteiger partial charge in [0.2, 0.25) is 0 Å². The Labute approximate surface area is 186 Å². The van der Waals surface area contributed by atoms with Gasteiger partial charge >= 0.3 is 5.97 Å². The molecule has 0 aromatic heterocycles. The lowest BCUT2D eigenvalue weighted by Crippen LogP contribution is -2.32. The SMILES string of the molecule is CC(C)=CCC/C(=C/CC/C(C)=C/CC[C@@]1(C)C=Cc2cc(O)cc(C)c2O1)C(=O)O. The van der Waals surface area contributed by atoms with Crippen LogP contribution in [0.1, 0.15) is 77.3 Å². The molecule has 0 bridgehead atoms. The zero-order valence-corrected chi connectivity index (χ0v) is 19.5. The van der Waals surface area contributed by atoms with Gasteiger partial charge in [-0.2, -0.15) is 0 Å². The molecule has 0 fully saturated rings. The maximum absolute atomic E-state index is 11.4. The normalized spacial score (nSPS) is 18.4. The van der Waals surface area contributed by atoms with Crippen LogP contribution in [0.25, 0.3) is 6.08 Å². The van der Waals surface area contributed by atoms with Gasteiger partial charge in [-0.1, -0.05) is 35.5 Å². The number of phenolic OH excluding ortho intramolecular Hbond substituents is 1. The van der Waals surface area contributed by atoms with Crippen molar-refractivity contribution < 1.29 is 19.7 Å². The van der Waals surface area contributed by atoms with Crippen LogP contribution < -0.4 is 4.74 Å². The molecule has 0 saturated carbocycles. The highest BCUT2D eigenvalue weighted by molar-refractivity contribution is 5.86. The third-order valence-electron chi connectivity index (χ3n) is 5.54. The second-order valence-corrected chi connectivity index (χ2v) is 8.91. The van der Waals surface area contributed by atoms with Crippen LogP contribution in [0.15, 0.2) is 53.2 Å². The summed E-state index contributed by atoms with van der Waals surface area (Å²) in [6.45, 7) is 10.2. The summed E-state index contributed by atoms with van der Waals surface area (Å²) >= 11 is 0. The molecule has 0 spiro atoms. The molecule has 0 radical (unpaired) electrons. The Balaban J connectivity index is 1.87. The molecule has 1 aliphatic heterocycles. The molecule has 1 atom stereocenters. The van der Waals surface area contributed by atoms with E-state index >= 15 is 0 Å². The molecule has 1 aromatic rings. The molecular weight excluding hydrogens is 388 g/mol. The number of ether oxygens (including phenoxy) is 1. The summed E-state index contributed by atoms with van der Waals surface area (Å²) in [6.07, 6.45) is 14.9. The number of carboxylic acids is 1. The molecule has 0 amide bonds.